The molecule has 2 atom stereocenters. The summed E-state index contributed by atoms with van der Waals surface area (Å²) in [5.41, 5.74) is 5.47. The number of aryl methyl sites for hydroxylation is 1. The fraction of sp³-hybridized carbons (Fsp3) is 0.375. The molecule has 6 heteroatoms. The van der Waals surface area contributed by atoms with Crippen molar-refractivity contribution in [3.8, 4) is 17.3 Å². The Labute approximate surface area is 176 Å². The highest BCUT2D eigenvalue weighted by atomic mass is 16.5. The summed E-state index contributed by atoms with van der Waals surface area (Å²) < 4.78 is 8.19. The van der Waals surface area contributed by atoms with Gasteiger partial charge in [-0.1, -0.05) is 19.9 Å². The molecular weight excluding hydrogens is 374 g/mol. The van der Waals surface area contributed by atoms with Crippen molar-refractivity contribution < 1.29 is 4.74 Å². The maximum atomic E-state index is 6.33. The lowest BCUT2D eigenvalue weighted by Gasteiger charge is -2.17. The highest BCUT2D eigenvalue weighted by Crippen LogP contribution is 2.38. The molecule has 0 amide bonds. The van der Waals surface area contributed by atoms with Gasteiger partial charge in [0.1, 0.15) is 11.8 Å². The first kappa shape index (κ1) is 18.9. The van der Waals surface area contributed by atoms with Crippen LogP contribution in [0.3, 0.4) is 0 Å². The lowest BCUT2D eigenvalue weighted by molar-refractivity contribution is 0.197. The van der Waals surface area contributed by atoms with Crippen molar-refractivity contribution in [3.63, 3.8) is 0 Å². The Morgan fingerprint density at radius 1 is 1.13 bits per heavy atom. The molecule has 0 bridgehead atoms. The summed E-state index contributed by atoms with van der Waals surface area (Å²) in [4.78, 5) is 12.6. The first-order valence-corrected chi connectivity index (χ1v) is 10.7. The molecular formula is C24H27N5O. The number of aromatic amines is 1. The van der Waals surface area contributed by atoms with Gasteiger partial charge in [0, 0.05) is 36.6 Å². The fourth-order valence-corrected chi connectivity index (χ4v) is 4.48. The van der Waals surface area contributed by atoms with E-state index in [9.17, 15) is 0 Å². The number of nitrogens with one attached hydrogen (secondary N) is 1. The molecule has 1 N–H and O–H groups in total. The SMILES string of the molecule is CC(C)c1cccnc1O[C@@H]1CC[C@H](c2cnc3[nH]c(-c4ccnn4C)cc3c2)C1. The second-order valence-electron chi connectivity index (χ2n) is 8.53. The maximum absolute atomic E-state index is 6.33. The minimum atomic E-state index is 0.203. The van der Waals surface area contributed by atoms with Crippen LogP contribution in [0, 0.1) is 0 Å². The Morgan fingerprint density at radius 2 is 2.03 bits per heavy atom. The van der Waals surface area contributed by atoms with Gasteiger partial charge in [-0.25, -0.2) is 9.97 Å². The average Bonchev–Trinajstić information content (AvgIpc) is 3.46. The van der Waals surface area contributed by atoms with E-state index in [1.807, 2.05) is 42.5 Å². The standard InChI is InChI=1S/C24H27N5O/c1-15(2)20-5-4-9-25-24(20)30-19-7-6-16(12-19)18-11-17-13-21(28-23(17)26-14-18)22-8-10-27-29(22)3/h4-5,8-11,13-16,19H,6-7,12H2,1-3H3,(H,26,28)/t16-,19+/m0/s1. The lowest BCUT2D eigenvalue weighted by Crippen LogP contribution is -2.14. The van der Waals surface area contributed by atoms with Gasteiger partial charge in [-0.15, -0.1) is 0 Å². The Morgan fingerprint density at radius 3 is 2.83 bits per heavy atom. The van der Waals surface area contributed by atoms with Crippen LogP contribution in [0.5, 0.6) is 5.88 Å². The van der Waals surface area contributed by atoms with Gasteiger partial charge in [0.05, 0.1) is 11.4 Å². The molecule has 1 saturated carbocycles. The molecule has 4 aromatic heterocycles. The fourth-order valence-electron chi connectivity index (χ4n) is 4.48. The maximum Gasteiger partial charge on any atom is 0.217 e. The van der Waals surface area contributed by atoms with E-state index in [0.717, 1.165) is 47.6 Å². The van der Waals surface area contributed by atoms with Crippen molar-refractivity contribution in [2.75, 3.05) is 0 Å². The second kappa shape index (κ2) is 7.59. The number of pyridine rings is 2. The lowest BCUT2D eigenvalue weighted by atomic mass is 9.98. The highest BCUT2D eigenvalue weighted by Gasteiger charge is 2.29. The van der Waals surface area contributed by atoms with Crippen molar-refractivity contribution in [2.45, 2.75) is 51.0 Å². The summed E-state index contributed by atoms with van der Waals surface area (Å²) in [6.07, 6.45) is 9.00. The second-order valence-corrected chi connectivity index (χ2v) is 8.53. The van der Waals surface area contributed by atoms with E-state index in [1.54, 1.807) is 0 Å². The number of aromatic nitrogens is 5. The van der Waals surface area contributed by atoms with Gasteiger partial charge < -0.3 is 9.72 Å². The molecule has 0 saturated heterocycles. The molecule has 30 heavy (non-hydrogen) atoms. The molecule has 0 unspecified atom stereocenters. The zero-order valence-electron chi connectivity index (χ0n) is 17.7. The number of hydrogen-bond donors (Lipinski definition) is 1. The molecule has 4 aromatic rings. The van der Waals surface area contributed by atoms with Gasteiger partial charge in [0.25, 0.3) is 0 Å². The average molecular weight is 402 g/mol. The molecule has 1 aliphatic carbocycles. The molecule has 1 fully saturated rings. The van der Waals surface area contributed by atoms with E-state index in [1.165, 1.54) is 11.1 Å². The van der Waals surface area contributed by atoms with Crippen molar-refractivity contribution in [1.82, 2.24) is 24.7 Å². The summed E-state index contributed by atoms with van der Waals surface area (Å²) in [7, 11) is 1.95. The van der Waals surface area contributed by atoms with E-state index in [4.69, 9.17) is 9.72 Å². The third-order valence-electron chi connectivity index (χ3n) is 6.14. The minimum absolute atomic E-state index is 0.203. The monoisotopic (exact) mass is 401 g/mol. The van der Waals surface area contributed by atoms with Gasteiger partial charge >= 0.3 is 0 Å². The number of fused-ring (bicyclic) bond motifs is 1. The first-order valence-electron chi connectivity index (χ1n) is 10.7. The van der Waals surface area contributed by atoms with Crippen molar-refractivity contribution >= 4 is 11.0 Å². The van der Waals surface area contributed by atoms with Crippen LogP contribution < -0.4 is 4.74 Å². The molecule has 0 aliphatic heterocycles. The van der Waals surface area contributed by atoms with E-state index in [2.05, 4.69) is 47.1 Å². The third-order valence-corrected chi connectivity index (χ3v) is 6.14. The molecule has 1 aliphatic rings. The molecule has 5 rings (SSSR count). The predicted molar refractivity (Wildman–Crippen MR) is 118 cm³/mol. The van der Waals surface area contributed by atoms with Gasteiger partial charge in [-0.3, -0.25) is 4.68 Å². The van der Waals surface area contributed by atoms with E-state index < -0.39 is 0 Å². The Balaban J connectivity index is 1.34. The molecule has 4 heterocycles. The normalized spacial score (nSPS) is 19.1. The Kier molecular flexibility index (Phi) is 4.77. The first-order chi connectivity index (χ1) is 14.6. The summed E-state index contributed by atoms with van der Waals surface area (Å²) in [6.45, 7) is 4.36. The van der Waals surface area contributed by atoms with Gasteiger partial charge in [0.15, 0.2) is 0 Å². The zero-order valence-corrected chi connectivity index (χ0v) is 17.7. The topological polar surface area (TPSA) is 68.6 Å². The molecule has 0 aromatic carbocycles. The van der Waals surface area contributed by atoms with Gasteiger partial charge in [-0.05, 0) is 60.9 Å². The van der Waals surface area contributed by atoms with Crippen LogP contribution >= 0.6 is 0 Å². The number of rotatable bonds is 5. The van der Waals surface area contributed by atoms with Crippen molar-refractivity contribution in [3.05, 3.63) is 60.0 Å². The van der Waals surface area contributed by atoms with Crippen LogP contribution in [-0.4, -0.2) is 30.8 Å². The minimum Gasteiger partial charge on any atom is -0.474 e. The van der Waals surface area contributed by atoms with Crippen molar-refractivity contribution in [2.24, 2.45) is 7.05 Å². The van der Waals surface area contributed by atoms with E-state index in [-0.39, 0.29) is 6.10 Å². The highest BCUT2D eigenvalue weighted by molar-refractivity contribution is 5.82. The van der Waals surface area contributed by atoms with Gasteiger partial charge in [-0.2, -0.15) is 5.10 Å². The molecule has 154 valence electrons. The quantitative estimate of drug-likeness (QED) is 0.499. The smallest absolute Gasteiger partial charge is 0.217 e. The molecule has 6 nitrogen and oxygen atoms in total. The Hall–Kier alpha value is -3.15. The number of ether oxygens (including phenoxy) is 1. The zero-order chi connectivity index (χ0) is 20.7. The number of nitrogens with zero attached hydrogens (tertiary/aromatic N) is 4. The largest absolute Gasteiger partial charge is 0.474 e. The van der Waals surface area contributed by atoms with Crippen LogP contribution in [0.4, 0.5) is 0 Å². The van der Waals surface area contributed by atoms with E-state index >= 15 is 0 Å². The van der Waals surface area contributed by atoms with Gasteiger partial charge in [0.2, 0.25) is 5.88 Å². The van der Waals surface area contributed by atoms with Crippen LogP contribution in [-0.2, 0) is 7.05 Å². The summed E-state index contributed by atoms with van der Waals surface area (Å²) in [5, 5.41) is 5.40. The third kappa shape index (κ3) is 3.47. The summed E-state index contributed by atoms with van der Waals surface area (Å²) in [5.74, 6) is 1.66. The summed E-state index contributed by atoms with van der Waals surface area (Å²) in [6, 6.07) is 10.5. The molecule has 0 spiro atoms. The number of hydrogen-bond acceptors (Lipinski definition) is 4. The predicted octanol–water partition coefficient (Wildman–Crippen LogP) is 5.20. The van der Waals surface area contributed by atoms with Crippen LogP contribution in [0.15, 0.2) is 48.9 Å². The van der Waals surface area contributed by atoms with Crippen LogP contribution in [0.25, 0.3) is 22.4 Å². The molecule has 0 radical (unpaired) electrons. The van der Waals surface area contributed by atoms with Crippen LogP contribution in [0.1, 0.15) is 56.1 Å². The number of H-pyrrole nitrogens is 1. The Bertz CT molecular complexity index is 1180. The summed E-state index contributed by atoms with van der Waals surface area (Å²) >= 11 is 0. The van der Waals surface area contributed by atoms with Crippen LogP contribution in [0.2, 0.25) is 0 Å². The van der Waals surface area contributed by atoms with Crippen molar-refractivity contribution in [1.29, 1.82) is 0 Å². The van der Waals surface area contributed by atoms with E-state index in [0.29, 0.717) is 11.8 Å².